The van der Waals surface area contributed by atoms with Crippen molar-refractivity contribution in [1.29, 1.82) is 0 Å². The molecule has 4 heterocycles. The zero-order valence-corrected chi connectivity index (χ0v) is 37.0. The van der Waals surface area contributed by atoms with Gasteiger partial charge in [-0.05, 0) is 76.6 Å². The van der Waals surface area contributed by atoms with Gasteiger partial charge in [0.25, 0.3) is 11.8 Å². The third kappa shape index (κ3) is 8.80. The van der Waals surface area contributed by atoms with Crippen LogP contribution in [0.15, 0.2) is 64.2 Å². The summed E-state index contributed by atoms with van der Waals surface area (Å²) in [6.07, 6.45) is 9.73. The van der Waals surface area contributed by atoms with E-state index >= 15 is 0 Å². The Morgan fingerprint density at radius 1 is 0.610 bits per heavy atom. The van der Waals surface area contributed by atoms with Crippen LogP contribution in [0.2, 0.25) is 5.02 Å². The molecule has 0 saturated heterocycles. The predicted octanol–water partition coefficient (Wildman–Crippen LogP) is 6.84. The van der Waals surface area contributed by atoms with E-state index in [0.29, 0.717) is 55.7 Å². The quantitative estimate of drug-likeness (QED) is 0.144. The average Bonchev–Trinajstić information content (AvgIpc) is 3.88. The van der Waals surface area contributed by atoms with Crippen LogP contribution in [0.4, 0.5) is 0 Å². The Kier molecular flexibility index (Phi) is 14.4. The molecule has 0 bridgehead atoms. The molecule has 12 nitrogen and oxygen atoms in total. The number of amides is 2. The molecule has 4 aromatic rings. The van der Waals surface area contributed by atoms with Crippen LogP contribution in [0.1, 0.15) is 123 Å². The Labute approximate surface area is 365 Å². The number of nitrogens with zero attached hydrogens (tertiary/aromatic N) is 6. The molecule has 59 heavy (non-hydrogen) atoms. The Hall–Kier alpha value is -4.31. The minimum Gasteiger partial charge on any atom is -0.501 e. The van der Waals surface area contributed by atoms with E-state index in [4.69, 9.17) is 11.6 Å². The van der Waals surface area contributed by atoms with Gasteiger partial charge in [0.1, 0.15) is 11.6 Å². The van der Waals surface area contributed by atoms with E-state index < -0.39 is 22.6 Å². The maximum atomic E-state index is 13.0. The summed E-state index contributed by atoms with van der Waals surface area (Å²) in [5.41, 5.74) is 0.963. The number of aromatic hydroxyl groups is 2. The van der Waals surface area contributed by atoms with Gasteiger partial charge in [-0.3, -0.25) is 19.2 Å². The van der Waals surface area contributed by atoms with Gasteiger partial charge in [0.15, 0.2) is 11.4 Å². The summed E-state index contributed by atoms with van der Waals surface area (Å²) in [6, 6.07) is 18.3. The minimum absolute atomic E-state index is 0. The Morgan fingerprint density at radius 2 is 0.983 bits per heavy atom. The third-order valence-electron chi connectivity index (χ3n) is 12.7. The standard InChI is InChI=1S/C22H26ClN3O3.C22H27N3O3.CH3.Pd/c1-14(2)25-11-12-26-17(24-20(28)19(27)18(26)21(25)29)13-22(9-3-4-10-22)15-5-7-16(23)8-6-15;1-15(2)24-12-13-25-17(23-20(27)19(26)18(25)21(24)28)14-22(10-6-7-11-22)16-8-4-3-5-9-16;;/h5-8,14,27H,3-4,9-13H2,1-2H3;3-5,8-9,15,26H,6-7,10-14H2,1-2H3;1H3;/q;;-1;. The van der Waals surface area contributed by atoms with Crippen molar-refractivity contribution in [2.45, 2.75) is 128 Å². The number of carbonyl (C=O) groups is 2. The molecule has 0 radical (unpaired) electrons. The van der Waals surface area contributed by atoms with E-state index in [9.17, 15) is 29.4 Å². The summed E-state index contributed by atoms with van der Waals surface area (Å²) in [7, 11) is 0. The first-order valence-electron chi connectivity index (χ1n) is 20.3. The van der Waals surface area contributed by atoms with Gasteiger partial charge < -0.3 is 36.6 Å². The summed E-state index contributed by atoms with van der Waals surface area (Å²) in [5, 5.41) is 21.4. The molecule has 2 aromatic carbocycles. The monoisotopic (exact) mass is 917 g/mol. The largest absolute Gasteiger partial charge is 0.501 e. The Balaban J connectivity index is 0.000000217. The van der Waals surface area contributed by atoms with Crippen molar-refractivity contribution < 1.29 is 40.2 Å². The summed E-state index contributed by atoms with van der Waals surface area (Å²) in [4.78, 5) is 62.5. The van der Waals surface area contributed by atoms with Crippen molar-refractivity contribution in [1.82, 2.24) is 28.9 Å². The topological polar surface area (TPSA) is 151 Å². The molecule has 0 unspecified atom stereocenters. The van der Waals surface area contributed by atoms with E-state index in [1.807, 2.05) is 58.0 Å². The van der Waals surface area contributed by atoms with Crippen LogP contribution < -0.4 is 11.1 Å². The van der Waals surface area contributed by atoms with Crippen molar-refractivity contribution >= 4 is 23.4 Å². The van der Waals surface area contributed by atoms with Crippen molar-refractivity contribution in [3.8, 4) is 11.5 Å². The van der Waals surface area contributed by atoms with Gasteiger partial charge in [0.05, 0.1) is 0 Å². The number of fused-ring (bicyclic) bond motifs is 2. The molecule has 2 aliphatic heterocycles. The summed E-state index contributed by atoms with van der Waals surface area (Å²) in [6.45, 7) is 9.89. The van der Waals surface area contributed by atoms with E-state index in [2.05, 4.69) is 34.2 Å². The second kappa shape index (κ2) is 18.5. The predicted molar refractivity (Wildman–Crippen MR) is 225 cm³/mol. The van der Waals surface area contributed by atoms with Gasteiger partial charge >= 0.3 is 11.1 Å². The van der Waals surface area contributed by atoms with E-state index in [-0.39, 0.29) is 74.0 Å². The number of benzene rings is 2. The van der Waals surface area contributed by atoms with Gasteiger partial charge in [-0.15, -0.1) is 0 Å². The Morgan fingerprint density at radius 3 is 1.36 bits per heavy atom. The maximum absolute atomic E-state index is 13.0. The van der Waals surface area contributed by atoms with Crippen molar-refractivity contribution in [3.05, 3.63) is 122 Å². The molecule has 320 valence electrons. The number of carbonyl (C=O) groups excluding carboxylic acids is 2. The van der Waals surface area contributed by atoms with Crippen LogP contribution in [-0.4, -0.2) is 76.1 Å². The second-order valence-electron chi connectivity index (χ2n) is 16.8. The molecule has 0 spiro atoms. The first kappa shape index (κ1) is 45.8. The van der Waals surface area contributed by atoms with Crippen LogP contribution in [0, 0.1) is 7.43 Å². The van der Waals surface area contributed by atoms with Gasteiger partial charge in [0, 0.05) is 87.4 Å². The summed E-state index contributed by atoms with van der Waals surface area (Å²) in [5.74, 6) is -0.483. The number of rotatable bonds is 8. The normalized spacial score (nSPS) is 17.8. The molecular formula is C45H56ClN6O6Pd-. The van der Waals surface area contributed by atoms with Crippen LogP contribution in [0.5, 0.6) is 11.5 Å². The SMILES string of the molecule is CC(C)N1CCn2c(CC3(c4ccc(Cl)cc4)CCCC3)nc(=O)c(O)c2C1=O.CC(C)N1CCn2c(CC3(c4ccccc4)CCCC3)nc(=O)c(O)c2C1=O.[CH3-].[Pd]. The zero-order valence-electron chi connectivity index (χ0n) is 34.7. The van der Waals surface area contributed by atoms with E-state index in [1.54, 1.807) is 18.9 Å². The average molecular weight is 919 g/mol. The summed E-state index contributed by atoms with van der Waals surface area (Å²) < 4.78 is 3.54. The molecule has 0 atom stereocenters. The molecule has 2 amide bonds. The van der Waals surface area contributed by atoms with E-state index in [1.165, 1.54) is 11.1 Å². The smallest absolute Gasteiger partial charge is 0.315 e. The molecule has 2 aliphatic carbocycles. The molecule has 2 fully saturated rings. The maximum Gasteiger partial charge on any atom is 0.315 e. The molecule has 2 N–H and O–H groups in total. The third-order valence-corrected chi connectivity index (χ3v) is 13.0. The Bertz CT molecular complexity index is 2260. The number of hydrogen-bond donors (Lipinski definition) is 2. The van der Waals surface area contributed by atoms with Crippen LogP contribution in [-0.2, 0) is 57.2 Å². The van der Waals surface area contributed by atoms with Crippen LogP contribution >= 0.6 is 11.6 Å². The molecule has 4 aliphatic rings. The molecule has 2 aromatic heterocycles. The fourth-order valence-electron chi connectivity index (χ4n) is 9.68. The fourth-order valence-corrected chi connectivity index (χ4v) is 9.80. The molecule has 2 saturated carbocycles. The van der Waals surface area contributed by atoms with Crippen molar-refractivity contribution in [2.75, 3.05) is 13.1 Å². The molecular weight excluding hydrogens is 862 g/mol. The second-order valence-corrected chi connectivity index (χ2v) is 17.2. The minimum atomic E-state index is -0.727. The zero-order chi connectivity index (χ0) is 40.6. The first-order valence-corrected chi connectivity index (χ1v) is 20.7. The van der Waals surface area contributed by atoms with Crippen molar-refractivity contribution in [2.24, 2.45) is 0 Å². The number of aromatic nitrogens is 4. The molecule has 8 rings (SSSR count). The van der Waals surface area contributed by atoms with Crippen LogP contribution in [0.3, 0.4) is 0 Å². The van der Waals surface area contributed by atoms with Gasteiger partial charge in [0.2, 0.25) is 11.5 Å². The summed E-state index contributed by atoms with van der Waals surface area (Å²) >= 11 is 6.08. The van der Waals surface area contributed by atoms with E-state index in [0.717, 1.165) is 51.4 Å². The van der Waals surface area contributed by atoms with Crippen molar-refractivity contribution in [3.63, 3.8) is 0 Å². The fraction of sp³-hybridized carbons (Fsp3) is 0.489. The van der Waals surface area contributed by atoms with Gasteiger partial charge in [-0.25, -0.2) is 0 Å². The number of halogens is 1. The number of hydrogen-bond acceptors (Lipinski definition) is 8. The van der Waals surface area contributed by atoms with Gasteiger partial charge in [-0.2, -0.15) is 9.97 Å². The van der Waals surface area contributed by atoms with Crippen LogP contribution in [0.25, 0.3) is 0 Å². The molecule has 14 heteroatoms. The van der Waals surface area contributed by atoms with Gasteiger partial charge in [-0.1, -0.05) is 79.7 Å². The first-order chi connectivity index (χ1) is 27.2.